The van der Waals surface area contributed by atoms with Gasteiger partial charge >= 0.3 is 0 Å². The molecule has 1 aromatic rings. The topological polar surface area (TPSA) is 29.3 Å². The quantitative estimate of drug-likeness (QED) is 0.862. The first-order valence-corrected chi connectivity index (χ1v) is 7.66. The Kier molecular flexibility index (Phi) is 5.11. The Morgan fingerprint density at radius 3 is 2.60 bits per heavy atom. The van der Waals surface area contributed by atoms with Crippen molar-refractivity contribution in [2.24, 2.45) is 11.7 Å². The fourth-order valence-electron chi connectivity index (χ4n) is 3.00. The Morgan fingerprint density at radius 2 is 2.00 bits per heavy atom. The lowest BCUT2D eigenvalue weighted by molar-refractivity contribution is 0.164. The fraction of sp³-hybridized carbons (Fsp3) is 0.562. The largest absolute Gasteiger partial charge is 0.389 e. The second kappa shape index (κ2) is 6.64. The molecule has 1 fully saturated rings. The van der Waals surface area contributed by atoms with Gasteiger partial charge in [0.15, 0.2) is 0 Å². The van der Waals surface area contributed by atoms with Gasteiger partial charge in [0.1, 0.15) is 10.8 Å². The molecule has 0 amide bonds. The van der Waals surface area contributed by atoms with Gasteiger partial charge in [0.05, 0.1) is 0 Å². The lowest BCUT2D eigenvalue weighted by atomic mass is 9.86. The summed E-state index contributed by atoms with van der Waals surface area (Å²) in [7, 11) is 2.13. The molecule has 20 heavy (non-hydrogen) atoms. The van der Waals surface area contributed by atoms with Gasteiger partial charge in [-0.1, -0.05) is 25.2 Å². The van der Waals surface area contributed by atoms with E-state index in [-0.39, 0.29) is 10.8 Å². The molecule has 0 aliphatic heterocycles. The number of hydrogen-bond acceptors (Lipinski definition) is 2. The average Bonchev–Trinajstić information content (AvgIpc) is 2.41. The van der Waals surface area contributed by atoms with Crippen LogP contribution in [0.3, 0.4) is 0 Å². The van der Waals surface area contributed by atoms with E-state index < -0.39 is 0 Å². The van der Waals surface area contributed by atoms with Crippen LogP contribution in [0.2, 0.25) is 0 Å². The van der Waals surface area contributed by atoms with Crippen LogP contribution in [0.4, 0.5) is 4.39 Å². The lowest BCUT2D eigenvalue weighted by Crippen LogP contribution is -2.34. The first-order chi connectivity index (χ1) is 9.47. The molecule has 0 unspecified atom stereocenters. The fourth-order valence-corrected chi connectivity index (χ4v) is 3.19. The Labute approximate surface area is 126 Å². The van der Waals surface area contributed by atoms with Crippen LogP contribution in [0, 0.1) is 11.7 Å². The Hall–Kier alpha value is -1.00. The summed E-state index contributed by atoms with van der Waals surface area (Å²) in [5.74, 6) is 0.559. The molecule has 4 heteroatoms. The summed E-state index contributed by atoms with van der Waals surface area (Å²) in [5, 5.41) is 0. The molecule has 0 aromatic heterocycles. The van der Waals surface area contributed by atoms with Crippen molar-refractivity contribution in [2.75, 3.05) is 7.05 Å². The van der Waals surface area contributed by atoms with E-state index in [1.54, 1.807) is 6.07 Å². The molecule has 0 bridgehead atoms. The van der Waals surface area contributed by atoms with Crippen molar-refractivity contribution in [2.45, 2.75) is 45.2 Å². The van der Waals surface area contributed by atoms with E-state index in [4.69, 9.17) is 18.0 Å². The van der Waals surface area contributed by atoms with Crippen LogP contribution in [0.15, 0.2) is 18.2 Å². The van der Waals surface area contributed by atoms with E-state index in [0.29, 0.717) is 11.6 Å². The minimum absolute atomic E-state index is 0.269. The van der Waals surface area contributed by atoms with Crippen LogP contribution >= 0.6 is 12.2 Å². The molecule has 0 atom stereocenters. The van der Waals surface area contributed by atoms with Gasteiger partial charge in [-0.25, -0.2) is 4.39 Å². The second-order valence-corrected chi connectivity index (χ2v) is 6.43. The van der Waals surface area contributed by atoms with Gasteiger partial charge in [0, 0.05) is 18.2 Å². The maximum absolute atomic E-state index is 13.3. The second-order valence-electron chi connectivity index (χ2n) is 5.99. The smallest absolute Gasteiger partial charge is 0.123 e. The van der Waals surface area contributed by atoms with Crippen LogP contribution in [-0.4, -0.2) is 23.0 Å². The molecule has 0 radical (unpaired) electrons. The molecule has 0 spiro atoms. The van der Waals surface area contributed by atoms with Crippen LogP contribution in [0.1, 0.15) is 43.7 Å². The number of hydrogen-bond donors (Lipinski definition) is 1. The first-order valence-electron chi connectivity index (χ1n) is 7.26. The molecule has 2 nitrogen and oxygen atoms in total. The van der Waals surface area contributed by atoms with Crippen LogP contribution in [0.25, 0.3) is 0 Å². The predicted octanol–water partition coefficient (Wildman–Crippen LogP) is 3.47. The maximum atomic E-state index is 13.3. The van der Waals surface area contributed by atoms with Crippen LogP contribution in [0.5, 0.6) is 0 Å². The number of rotatable bonds is 4. The van der Waals surface area contributed by atoms with Crippen molar-refractivity contribution in [3.63, 3.8) is 0 Å². The third-order valence-corrected chi connectivity index (χ3v) is 4.59. The van der Waals surface area contributed by atoms with Crippen molar-refractivity contribution in [3.8, 4) is 0 Å². The van der Waals surface area contributed by atoms with Crippen LogP contribution < -0.4 is 5.73 Å². The van der Waals surface area contributed by atoms with Crippen molar-refractivity contribution in [1.29, 1.82) is 0 Å². The molecule has 110 valence electrons. The van der Waals surface area contributed by atoms with Crippen molar-refractivity contribution >= 4 is 17.2 Å². The minimum Gasteiger partial charge on any atom is -0.389 e. The summed E-state index contributed by atoms with van der Waals surface area (Å²) in [4.78, 5) is 2.62. The highest BCUT2D eigenvalue weighted by Crippen LogP contribution is 2.27. The number of benzene rings is 1. The van der Waals surface area contributed by atoms with E-state index in [1.807, 2.05) is 0 Å². The number of halogens is 1. The number of thiocarbonyl (C=S) groups is 1. The van der Waals surface area contributed by atoms with Gasteiger partial charge in [-0.15, -0.1) is 0 Å². The summed E-state index contributed by atoms with van der Waals surface area (Å²) < 4.78 is 13.3. The zero-order chi connectivity index (χ0) is 14.7. The molecule has 2 rings (SSSR count). The molecular formula is C16H23FN2S. The molecule has 0 saturated heterocycles. The van der Waals surface area contributed by atoms with Gasteiger partial charge < -0.3 is 5.73 Å². The minimum atomic E-state index is -0.286. The van der Waals surface area contributed by atoms with Crippen LogP contribution in [-0.2, 0) is 6.54 Å². The Bertz CT molecular complexity index is 481. The zero-order valence-electron chi connectivity index (χ0n) is 12.2. The predicted molar refractivity (Wildman–Crippen MR) is 85.2 cm³/mol. The summed E-state index contributed by atoms with van der Waals surface area (Å²) in [6, 6.07) is 5.32. The number of nitrogens with zero attached hydrogens (tertiary/aromatic N) is 1. The van der Waals surface area contributed by atoms with E-state index in [0.717, 1.165) is 18.0 Å². The van der Waals surface area contributed by atoms with E-state index in [9.17, 15) is 4.39 Å². The SMILES string of the molecule is CC1CCC(N(C)Cc2ccc(F)cc2C(N)=S)CC1. The highest BCUT2D eigenvalue weighted by molar-refractivity contribution is 7.80. The van der Waals surface area contributed by atoms with Crippen molar-refractivity contribution < 1.29 is 4.39 Å². The summed E-state index contributed by atoms with van der Waals surface area (Å²) in [6.45, 7) is 3.09. The summed E-state index contributed by atoms with van der Waals surface area (Å²) in [5.41, 5.74) is 7.38. The zero-order valence-corrected chi connectivity index (χ0v) is 13.0. The van der Waals surface area contributed by atoms with E-state index in [2.05, 4.69) is 18.9 Å². The molecule has 0 heterocycles. The molecule has 2 N–H and O–H groups in total. The van der Waals surface area contributed by atoms with Gasteiger partial charge in [-0.05, 0) is 56.3 Å². The molecule has 1 aromatic carbocycles. The molecule has 1 aliphatic carbocycles. The average molecular weight is 294 g/mol. The van der Waals surface area contributed by atoms with E-state index in [1.165, 1.54) is 37.8 Å². The first kappa shape index (κ1) is 15.4. The van der Waals surface area contributed by atoms with Gasteiger partial charge in [-0.3, -0.25) is 4.90 Å². The summed E-state index contributed by atoms with van der Waals surface area (Å²) in [6.07, 6.45) is 5.06. The third-order valence-electron chi connectivity index (χ3n) is 4.37. The highest BCUT2D eigenvalue weighted by Gasteiger charge is 2.22. The monoisotopic (exact) mass is 294 g/mol. The van der Waals surface area contributed by atoms with Crippen molar-refractivity contribution in [1.82, 2.24) is 4.90 Å². The maximum Gasteiger partial charge on any atom is 0.123 e. The van der Waals surface area contributed by atoms with Gasteiger partial charge in [-0.2, -0.15) is 0 Å². The molecular weight excluding hydrogens is 271 g/mol. The Morgan fingerprint density at radius 1 is 1.35 bits per heavy atom. The molecule has 1 aliphatic rings. The van der Waals surface area contributed by atoms with E-state index >= 15 is 0 Å². The third kappa shape index (κ3) is 3.76. The lowest BCUT2D eigenvalue weighted by Gasteiger charge is -2.34. The van der Waals surface area contributed by atoms with Gasteiger partial charge in [0.2, 0.25) is 0 Å². The standard InChI is InChI=1S/C16H23FN2S/c1-11-3-7-14(8-4-11)19(2)10-12-5-6-13(17)9-15(12)16(18)20/h5-6,9,11,14H,3-4,7-8,10H2,1-2H3,(H2,18,20). The normalized spacial score (nSPS) is 23.0. The number of nitrogens with two attached hydrogens (primary N) is 1. The molecule has 1 saturated carbocycles. The summed E-state index contributed by atoms with van der Waals surface area (Å²) >= 11 is 5.03. The van der Waals surface area contributed by atoms with Crippen molar-refractivity contribution in [3.05, 3.63) is 35.1 Å². The Balaban J connectivity index is 2.07. The van der Waals surface area contributed by atoms with Gasteiger partial charge in [0.25, 0.3) is 0 Å². The highest BCUT2D eigenvalue weighted by atomic mass is 32.1.